The topological polar surface area (TPSA) is 78.7 Å². The molecule has 0 unspecified atom stereocenters. The minimum Gasteiger partial charge on any atom is -0.444 e. The average Bonchev–Trinajstić information content (AvgIpc) is 3.06. The first-order valence-electron chi connectivity index (χ1n) is 7.72. The van der Waals surface area contributed by atoms with Crippen molar-refractivity contribution in [2.24, 2.45) is 0 Å². The highest BCUT2D eigenvalue weighted by atomic mass is 79.9. The van der Waals surface area contributed by atoms with Crippen LogP contribution in [0, 0.1) is 0 Å². The third kappa shape index (κ3) is 4.52. The molecule has 3 rings (SSSR count). The standard InChI is InChI=1S/C16H16BrClN4O3/c17-12-5-4-11(25-12)16(24)19-10-15(23)22-8-6-21(7-9-22)14-3-1-2-13(18)20-14/h1-5H,6-10H2,(H,19,24). The summed E-state index contributed by atoms with van der Waals surface area (Å²) in [5.74, 6) is 0.423. The van der Waals surface area contributed by atoms with Gasteiger partial charge in [0.15, 0.2) is 10.4 Å². The second-order valence-electron chi connectivity index (χ2n) is 5.47. The molecule has 0 aromatic carbocycles. The summed E-state index contributed by atoms with van der Waals surface area (Å²) in [5, 5.41) is 3.02. The summed E-state index contributed by atoms with van der Waals surface area (Å²) >= 11 is 9.05. The number of nitrogens with zero attached hydrogens (tertiary/aromatic N) is 3. The molecule has 0 bridgehead atoms. The number of pyridine rings is 1. The molecule has 0 spiro atoms. The smallest absolute Gasteiger partial charge is 0.287 e. The number of aromatic nitrogens is 1. The fraction of sp³-hybridized carbons (Fsp3) is 0.312. The largest absolute Gasteiger partial charge is 0.444 e. The Labute approximate surface area is 158 Å². The highest BCUT2D eigenvalue weighted by Crippen LogP contribution is 2.16. The zero-order valence-corrected chi connectivity index (χ0v) is 15.6. The van der Waals surface area contributed by atoms with Gasteiger partial charge in [0.05, 0.1) is 6.54 Å². The van der Waals surface area contributed by atoms with E-state index in [0.717, 1.165) is 5.82 Å². The minimum atomic E-state index is -0.416. The van der Waals surface area contributed by atoms with Gasteiger partial charge in [0.25, 0.3) is 5.91 Å². The zero-order valence-electron chi connectivity index (χ0n) is 13.2. The van der Waals surface area contributed by atoms with Crippen LogP contribution in [0.1, 0.15) is 10.6 Å². The first-order valence-corrected chi connectivity index (χ1v) is 8.89. The molecule has 2 amide bonds. The molecule has 9 heteroatoms. The summed E-state index contributed by atoms with van der Waals surface area (Å²) in [6.45, 7) is 2.40. The molecule has 1 aliphatic heterocycles. The highest BCUT2D eigenvalue weighted by molar-refractivity contribution is 9.10. The number of piperazine rings is 1. The van der Waals surface area contributed by atoms with Gasteiger partial charge < -0.3 is 19.5 Å². The van der Waals surface area contributed by atoms with Crippen molar-refractivity contribution in [3.8, 4) is 0 Å². The van der Waals surface area contributed by atoms with Gasteiger partial charge in [0.1, 0.15) is 11.0 Å². The molecule has 0 saturated carbocycles. The lowest BCUT2D eigenvalue weighted by molar-refractivity contribution is -0.130. The van der Waals surface area contributed by atoms with Crippen LogP contribution in [-0.2, 0) is 4.79 Å². The van der Waals surface area contributed by atoms with E-state index in [1.54, 1.807) is 23.1 Å². The summed E-state index contributed by atoms with van der Waals surface area (Å²) < 4.78 is 5.62. The molecule has 7 nitrogen and oxygen atoms in total. The van der Waals surface area contributed by atoms with Gasteiger partial charge in [-0.2, -0.15) is 0 Å². The Morgan fingerprint density at radius 2 is 1.96 bits per heavy atom. The normalized spacial score (nSPS) is 14.5. The lowest BCUT2D eigenvalue weighted by Crippen LogP contribution is -2.51. The van der Waals surface area contributed by atoms with Crippen LogP contribution in [0.2, 0.25) is 5.15 Å². The third-order valence-corrected chi connectivity index (χ3v) is 4.49. The van der Waals surface area contributed by atoms with Crippen LogP contribution < -0.4 is 10.2 Å². The van der Waals surface area contributed by atoms with E-state index in [-0.39, 0.29) is 18.2 Å². The summed E-state index contributed by atoms with van der Waals surface area (Å²) in [5.41, 5.74) is 0. The highest BCUT2D eigenvalue weighted by Gasteiger charge is 2.22. The summed E-state index contributed by atoms with van der Waals surface area (Å²) in [7, 11) is 0. The van der Waals surface area contributed by atoms with Crippen molar-refractivity contribution in [3.63, 3.8) is 0 Å². The van der Waals surface area contributed by atoms with Crippen LogP contribution in [0.4, 0.5) is 5.82 Å². The summed E-state index contributed by atoms with van der Waals surface area (Å²) in [6.07, 6.45) is 0. The number of furan rings is 1. The maximum absolute atomic E-state index is 12.3. The Hall–Kier alpha value is -2.06. The second-order valence-corrected chi connectivity index (χ2v) is 6.64. The van der Waals surface area contributed by atoms with Crippen molar-refractivity contribution in [3.05, 3.63) is 45.9 Å². The summed E-state index contributed by atoms with van der Waals surface area (Å²) in [4.78, 5) is 32.2. The van der Waals surface area contributed by atoms with E-state index in [0.29, 0.717) is 36.0 Å². The van der Waals surface area contributed by atoms with Crippen molar-refractivity contribution in [2.45, 2.75) is 0 Å². The summed E-state index contributed by atoms with van der Waals surface area (Å²) in [6, 6.07) is 8.64. The van der Waals surface area contributed by atoms with Gasteiger partial charge in [0.2, 0.25) is 5.91 Å². The Morgan fingerprint density at radius 3 is 2.60 bits per heavy atom. The van der Waals surface area contributed by atoms with E-state index in [4.69, 9.17) is 16.0 Å². The molecule has 0 radical (unpaired) electrons. The Kier molecular flexibility index (Phi) is 5.60. The maximum atomic E-state index is 12.3. The van der Waals surface area contributed by atoms with E-state index >= 15 is 0 Å². The number of hydrogen-bond donors (Lipinski definition) is 1. The number of halogens is 2. The lowest BCUT2D eigenvalue weighted by Gasteiger charge is -2.35. The van der Waals surface area contributed by atoms with Gasteiger partial charge in [-0.05, 0) is 40.2 Å². The SMILES string of the molecule is O=C(NCC(=O)N1CCN(c2cccc(Cl)n2)CC1)c1ccc(Br)o1. The van der Waals surface area contributed by atoms with Gasteiger partial charge in [-0.1, -0.05) is 17.7 Å². The fourth-order valence-electron chi connectivity index (χ4n) is 2.55. The molecule has 1 fully saturated rings. The lowest BCUT2D eigenvalue weighted by atomic mass is 10.3. The van der Waals surface area contributed by atoms with Crippen LogP contribution in [-0.4, -0.2) is 54.4 Å². The fourth-order valence-corrected chi connectivity index (χ4v) is 3.02. The van der Waals surface area contributed by atoms with Crippen molar-refractivity contribution >= 4 is 45.2 Å². The molecule has 0 aliphatic carbocycles. The minimum absolute atomic E-state index is 0.0629. The van der Waals surface area contributed by atoms with Gasteiger partial charge in [-0.15, -0.1) is 0 Å². The average molecular weight is 428 g/mol. The monoisotopic (exact) mass is 426 g/mol. The van der Waals surface area contributed by atoms with Crippen molar-refractivity contribution in [1.82, 2.24) is 15.2 Å². The predicted octanol–water partition coefficient (Wildman–Crippen LogP) is 2.17. The Morgan fingerprint density at radius 1 is 1.20 bits per heavy atom. The second kappa shape index (κ2) is 7.88. The molecule has 1 aliphatic rings. The quantitative estimate of drug-likeness (QED) is 0.757. The van der Waals surface area contributed by atoms with E-state index in [1.165, 1.54) is 0 Å². The molecule has 3 heterocycles. The molecule has 2 aromatic rings. The Balaban J connectivity index is 1.47. The first kappa shape index (κ1) is 17.8. The Bertz CT molecular complexity index is 774. The number of rotatable bonds is 4. The molecule has 132 valence electrons. The number of amides is 2. The third-order valence-electron chi connectivity index (χ3n) is 3.85. The van der Waals surface area contributed by atoms with E-state index in [9.17, 15) is 9.59 Å². The number of nitrogens with one attached hydrogen (secondary N) is 1. The molecule has 0 atom stereocenters. The van der Waals surface area contributed by atoms with Crippen LogP contribution in [0.5, 0.6) is 0 Å². The van der Waals surface area contributed by atoms with Crippen LogP contribution in [0.15, 0.2) is 39.4 Å². The van der Waals surface area contributed by atoms with E-state index < -0.39 is 5.91 Å². The molecular weight excluding hydrogens is 412 g/mol. The molecule has 2 aromatic heterocycles. The van der Waals surface area contributed by atoms with E-state index in [2.05, 4.69) is 31.1 Å². The first-order chi connectivity index (χ1) is 12.0. The molecule has 1 N–H and O–H groups in total. The zero-order chi connectivity index (χ0) is 17.8. The van der Waals surface area contributed by atoms with Crippen molar-refractivity contribution < 1.29 is 14.0 Å². The number of anilines is 1. The van der Waals surface area contributed by atoms with Gasteiger partial charge in [0, 0.05) is 26.2 Å². The number of hydrogen-bond acceptors (Lipinski definition) is 5. The number of carbonyl (C=O) groups is 2. The maximum Gasteiger partial charge on any atom is 0.287 e. The van der Waals surface area contributed by atoms with Crippen molar-refractivity contribution in [1.29, 1.82) is 0 Å². The van der Waals surface area contributed by atoms with Crippen LogP contribution in [0.25, 0.3) is 0 Å². The van der Waals surface area contributed by atoms with Crippen LogP contribution >= 0.6 is 27.5 Å². The molecule has 1 saturated heterocycles. The van der Waals surface area contributed by atoms with Gasteiger partial charge in [-0.3, -0.25) is 9.59 Å². The van der Waals surface area contributed by atoms with Crippen LogP contribution in [0.3, 0.4) is 0 Å². The van der Waals surface area contributed by atoms with E-state index in [1.807, 2.05) is 12.1 Å². The predicted molar refractivity (Wildman–Crippen MR) is 96.8 cm³/mol. The van der Waals surface area contributed by atoms with Gasteiger partial charge in [-0.25, -0.2) is 4.98 Å². The van der Waals surface area contributed by atoms with Gasteiger partial charge >= 0.3 is 0 Å². The molecule has 25 heavy (non-hydrogen) atoms. The number of carbonyl (C=O) groups excluding carboxylic acids is 2. The van der Waals surface area contributed by atoms with Crippen molar-refractivity contribution in [2.75, 3.05) is 37.6 Å². The molecular formula is C16H16BrClN4O3.